The van der Waals surface area contributed by atoms with E-state index in [1.54, 1.807) is 18.2 Å². The molecule has 0 aliphatic carbocycles. The van der Waals surface area contributed by atoms with Gasteiger partial charge in [-0.2, -0.15) is 0 Å². The summed E-state index contributed by atoms with van der Waals surface area (Å²) < 4.78 is 10.0. The van der Waals surface area contributed by atoms with Gasteiger partial charge in [-0.3, -0.25) is 0 Å². The highest BCUT2D eigenvalue weighted by molar-refractivity contribution is 9.10. The summed E-state index contributed by atoms with van der Waals surface area (Å²) in [6.45, 7) is 0. The van der Waals surface area contributed by atoms with E-state index in [4.69, 9.17) is 0 Å². The van der Waals surface area contributed by atoms with Gasteiger partial charge in [0.1, 0.15) is 5.56 Å². The van der Waals surface area contributed by atoms with E-state index in [1.165, 1.54) is 14.2 Å². The van der Waals surface area contributed by atoms with Gasteiger partial charge in [0.15, 0.2) is 5.69 Å². The molecular formula is C12H9BrN2O4. The van der Waals surface area contributed by atoms with E-state index in [0.29, 0.717) is 10.9 Å². The molecule has 0 N–H and O–H groups in total. The van der Waals surface area contributed by atoms with Crippen molar-refractivity contribution >= 4 is 38.8 Å². The SMILES string of the molecule is COC(=O)c1nnc2ccc(Br)cc2c1C(=O)OC. The van der Waals surface area contributed by atoms with Crippen LogP contribution in [0.3, 0.4) is 0 Å². The number of nitrogens with zero attached hydrogens (tertiary/aromatic N) is 2. The van der Waals surface area contributed by atoms with Gasteiger partial charge in [-0.15, -0.1) is 10.2 Å². The molecule has 98 valence electrons. The Morgan fingerprint density at radius 1 is 1.11 bits per heavy atom. The number of esters is 2. The fourth-order valence-corrected chi connectivity index (χ4v) is 1.99. The molecule has 0 saturated carbocycles. The maximum atomic E-state index is 11.9. The van der Waals surface area contributed by atoms with Gasteiger partial charge in [0.25, 0.3) is 0 Å². The molecule has 0 aliphatic rings. The van der Waals surface area contributed by atoms with Crippen molar-refractivity contribution in [3.8, 4) is 0 Å². The lowest BCUT2D eigenvalue weighted by molar-refractivity contribution is 0.0550. The molecule has 1 aromatic carbocycles. The number of carbonyl (C=O) groups excluding carboxylic acids is 2. The predicted octanol–water partition coefficient (Wildman–Crippen LogP) is 1.97. The monoisotopic (exact) mass is 324 g/mol. The van der Waals surface area contributed by atoms with Gasteiger partial charge in [-0.25, -0.2) is 9.59 Å². The quantitative estimate of drug-likeness (QED) is 0.786. The Kier molecular flexibility index (Phi) is 3.75. The smallest absolute Gasteiger partial charge is 0.359 e. The fourth-order valence-electron chi connectivity index (χ4n) is 1.63. The number of carbonyl (C=O) groups is 2. The average molecular weight is 325 g/mol. The van der Waals surface area contributed by atoms with E-state index in [0.717, 1.165) is 4.47 Å². The zero-order chi connectivity index (χ0) is 14.0. The Morgan fingerprint density at radius 3 is 2.42 bits per heavy atom. The summed E-state index contributed by atoms with van der Waals surface area (Å²) in [6.07, 6.45) is 0. The summed E-state index contributed by atoms with van der Waals surface area (Å²) in [6, 6.07) is 5.11. The summed E-state index contributed by atoms with van der Waals surface area (Å²) in [5, 5.41) is 8.09. The molecule has 6 nitrogen and oxygen atoms in total. The van der Waals surface area contributed by atoms with Crippen LogP contribution in [0, 0.1) is 0 Å². The minimum atomic E-state index is -0.741. The highest BCUT2D eigenvalue weighted by Crippen LogP contribution is 2.24. The molecular weight excluding hydrogens is 316 g/mol. The number of halogens is 1. The third-order valence-corrected chi connectivity index (χ3v) is 2.98. The number of fused-ring (bicyclic) bond motifs is 1. The van der Waals surface area contributed by atoms with Gasteiger partial charge in [0.05, 0.1) is 19.7 Å². The predicted molar refractivity (Wildman–Crippen MR) is 69.9 cm³/mol. The van der Waals surface area contributed by atoms with Crippen molar-refractivity contribution in [2.75, 3.05) is 14.2 Å². The zero-order valence-corrected chi connectivity index (χ0v) is 11.7. The molecule has 0 spiro atoms. The Balaban J connectivity index is 2.83. The standard InChI is InChI=1S/C12H9BrN2O4/c1-18-11(16)9-7-5-6(13)3-4-8(7)14-15-10(9)12(17)19-2/h3-5H,1-2H3. The Morgan fingerprint density at radius 2 is 1.79 bits per heavy atom. The number of rotatable bonds is 2. The lowest BCUT2D eigenvalue weighted by Crippen LogP contribution is -2.15. The first-order valence-corrected chi connectivity index (χ1v) is 6.00. The molecule has 0 saturated heterocycles. The molecule has 0 amide bonds. The minimum absolute atomic E-state index is 0.0423. The van der Waals surface area contributed by atoms with Crippen LogP contribution >= 0.6 is 15.9 Å². The Bertz CT molecular complexity index is 672. The first kappa shape index (κ1) is 13.4. The normalized spacial score (nSPS) is 10.3. The molecule has 0 radical (unpaired) electrons. The van der Waals surface area contributed by atoms with Crippen LogP contribution in [0.25, 0.3) is 10.9 Å². The van der Waals surface area contributed by atoms with Crippen LogP contribution in [0.15, 0.2) is 22.7 Å². The van der Waals surface area contributed by atoms with Gasteiger partial charge in [0, 0.05) is 9.86 Å². The van der Waals surface area contributed by atoms with Crippen molar-refractivity contribution in [3.05, 3.63) is 33.9 Å². The third-order valence-electron chi connectivity index (χ3n) is 2.49. The van der Waals surface area contributed by atoms with Crippen LogP contribution < -0.4 is 0 Å². The van der Waals surface area contributed by atoms with Crippen molar-refractivity contribution in [2.45, 2.75) is 0 Å². The molecule has 2 rings (SSSR count). The number of hydrogen-bond acceptors (Lipinski definition) is 6. The van der Waals surface area contributed by atoms with E-state index in [-0.39, 0.29) is 11.3 Å². The zero-order valence-electron chi connectivity index (χ0n) is 10.1. The molecule has 7 heteroatoms. The number of hydrogen-bond donors (Lipinski definition) is 0. The van der Waals surface area contributed by atoms with Crippen LogP contribution in [-0.4, -0.2) is 36.4 Å². The maximum Gasteiger partial charge on any atom is 0.359 e. The van der Waals surface area contributed by atoms with Crippen LogP contribution in [0.5, 0.6) is 0 Å². The highest BCUT2D eigenvalue weighted by Gasteiger charge is 2.24. The average Bonchev–Trinajstić information content (AvgIpc) is 2.44. The van der Waals surface area contributed by atoms with Gasteiger partial charge >= 0.3 is 11.9 Å². The second-order valence-electron chi connectivity index (χ2n) is 3.57. The highest BCUT2D eigenvalue weighted by atomic mass is 79.9. The van der Waals surface area contributed by atoms with E-state index < -0.39 is 11.9 Å². The third kappa shape index (κ3) is 2.41. The molecule has 0 aliphatic heterocycles. The lowest BCUT2D eigenvalue weighted by Gasteiger charge is -2.08. The summed E-state index contributed by atoms with van der Waals surface area (Å²) >= 11 is 3.30. The van der Waals surface area contributed by atoms with E-state index in [9.17, 15) is 9.59 Å². The number of benzene rings is 1. The largest absolute Gasteiger partial charge is 0.465 e. The summed E-state index contributed by atoms with van der Waals surface area (Å²) in [5.41, 5.74) is 0.358. The first-order valence-electron chi connectivity index (χ1n) is 5.21. The van der Waals surface area contributed by atoms with Gasteiger partial charge in [0.2, 0.25) is 0 Å². The topological polar surface area (TPSA) is 78.4 Å². The Hall–Kier alpha value is -2.02. The summed E-state index contributed by atoms with van der Waals surface area (Å²) in [5.74, 6) is -1.41. The second-order valence-corrected chi connectivity index (χ2v) is 4.48. The summed E-state index contributed by atoms with van der Waals surface area (Å²) in [4.78, 5) is 23.5. The molecule has 1 heterocycles. The van der Waals surface area contributed by atoms with Crippen molar-refractivity contribution in [3.63, 3.8) is 0 Å². The van der Waals surface area contributed by atoms with Gasteiger partial charge in [-0.1, -0.05) is 15.9 Å². The number of methoxy groups -OCH3 is 2. The van der Waals surface area contributed by atoms with Crippen LogP contribution in [0.2, 0.25) is 0 Å². The molecule has 0 unspecified atom stereocenters. The van der Waals surface area contributed by atoms with E-state index >= 15 is 0 Å². The number of aromatic nitrogens is 2. The van der Waals surface area contributed by atoms with Crippen molar-refractivity contribution in [2.24, 2.45) is 0 Å². The molecule has 2 aromatic rings. The van der Waals surface area contributed by atoms with Crippen LogP contribution in [-0.2, 0) is 9.47 Å². The van der Waals surface area contributed by atoms with Crippen molar-refractivity contribution in [1.82, 2.24) is 10.2 Å². The molecule has 1 aromatic heterocycles. The molecule has 0 atom stereocenters. The second kappa shape index (κ2) is 5.31. The minimum Gasteiger partial charge on any atom is -0.465 e. The van der Waals surface area contributed by atoms with Crippen molar-refractivity contribution < 1.29 is 19.1 Å². The van der Waals surface area contributed by atoms with Crippen LogP contribution in [0.1, 0.15) is 20.8 Å². The fraction of sp³-hybridized carbons (Fsp3) is 0.167. The van der Waals surface area contributed by atoms with E-state index in [2.05, 4.69) is 35.6 Å². The van der Waals surface area contributed by atoms with Gasteiger partial charge in [-0.05, 0) is 18.2 Å². The molecule has 19 heavy (non-hydrogen) atoms. The maximum absolute atomic E-state index is 11.9. The van der Waals surface area contributed by atoms with Crippen molar-refractivity contribution in [1.29, 1.82) is 0 Å². The molecule has 0 bridgehead atoms. The Labute approximate surface area is 116 Å². The van der Waals surface area contributed by atoms with Gasteiger partial charge < -0.3 is 9.47 Å². The molecule has 0 fully saturated rings. The number of ether oxygens (including phenoxy) is 2. The summed E-state index contributed by atoms with van der Waals surface area (Å²) in [7, 11) is 2.43. The van der Waals surface area contributed by atoms with E-state index in [1.807, 2.05) is 0 Å². The lowest BCUT2D eigenvalue weighted by atomic mass is 10.1. The van der Waals surface area contributed by atoms with Crippen LogP contribution in [0.4, 0.5) is 0 Å². The first-order chi connectivity index (χ1) is 9.08.